The Balaban J connectivity index is 2.44. The van der Waals surface area contributed by atoms with Crippen LogP contribution in [0.15, 0.2) is 73.3 Å². The first kappa shape index (κ1) is 16.2. The Bertz CT molecular complexity index is 619. The second kappa shape index (κ2) is 7.19. The van der Waals surface area contributed by atoms with Gasteiger partial charge in [0.25, 0.3) is 0 Å². The number of rotatable bonds is 7. The number of ketones is 1. The van der Waals surface area contributed by atoms with Gasteiger partial charge in [-0.1, -0.05) is 66.7 Å². The highest BCUT2D eigenvalue weighted by molar-refractivity contribution is 6.03. The lowest BCUT2D eigenvalue weighted by Gasteiger charge is -2.38. The quantitative estimate of drug-likeness (QED) is 0.568. The largest absolute Gasteiger partial charge is 0.296 e. The van der Waals surface area contributed by atoms with Crippen LogP contribution < -0.4 is 0 Å². The van der Waals surface area contributed by atoms with Crippen molar-refractivity contribution in [1.29, 1.82) is 0 Å². The Labute approximate surface area is 133 Å². The number of hydrogen-bond donors (Lipinski definition) is 0. The number of Topliss-reactive ketones (excluding diaryl/α,β-unsaturated/α-hetero) is 1. The van der Waals surface area contributed by atoms with Gasteiger partial charge in [0.1, 0.15) is 0 Å². The minimum absolute atomic E-state index is 0.141. The van der Waals surface area contributed by atoms with Crippen molar-refractivity contribution in [3.8, 4) is 0 Å². The molecule has 2 aromatic carbocycles. The lowest BCUT2D eigenvalue weighted by Crippen LogP contribution is -2.52. The van der Waals surface area contributed by atoms with E-state index in [1.807, 2.05) is 73.6 Å². The predicted octanol–water partition coefficient (Wildman–Crippen LogP) is 3.99. The molecular formula is C20H23NO. The summed E-state index contributed by atoms with van der Waals surface area (Å²) >= 11 is 0. The molecule has 1 unspecified atom stereocenters. The molecule has 0 bridgehead atoms. The minimum Gasteiger partial charge on any atom is -0.296 e. The van der Waals surface area contributed by atoms with E-state index in [-0.39, 0.29) is 5.78 Å². The summed E-state index contributed by atoms with van der Waals surface area (Å²) in [5, 5.41) is 0. The lowest BCUT2D eigenvalue weighted by molar-refractivity contribution is 0.0683. The number of likely N-dealkylation sites (N-methyl/N-ethyl adjacent to an activating group) is 1. The molecule has 22 heavy (non-hydrogen) atoms. The molecule has 0 spiro atoms. The van der Waals surface area contributed by atoms with E-state index in [0.29, 0.717) is 12.8 Å². The summed E-state index contributed by atoms with van der Waals surface area (Å²) in [6.45, 7) is 3.87. The highest BCUT2D eigenvalue weighted by Gasteiger charge is 2.39. The van der Waals surface area contributed by atoms with Crippen molar-refractivity contribution in [3.05, 3.63) is 84.4 Å². The van der Waals surface area contributed by atoms with Crippen LogP contribution in [-0.2, 0) is 6.42 Å². The molecule has 0 heterocycles. The van der Waals surface area contributed by atoms with Gasteiger partial charge in [0.05, 0.1) is 5.54 Å². The van der Waals surface area contributed by atoms with Gasteiger partial charge >= 0.3 is 0 Å². The van der Waals surface area contributed by atoms with E-state index in [0.717, 1.165) is 11.1 Å². The summed E-state index contributed by atoms with van der Waals surface area (Å²) in [6.07, 6.45) is 3.12. The summed E-state index contributed by atoms with van der Waals surface area (Å²) in [7, 11) is 3.93. The number of carbonyl (C=O) groups is 1. The highest BCUT2D eigenvalue weighted by atomic mass is 16.1. The van der Waals surface area contributed by atoms with Crippen LogP contribution in [0.5, 0.6) is 0 Å². The molecule has 2 nitrogen and oxygen atoms in total. The summed E-state index contributed by atoms with van der Waals surface area (Å²) in [5.74, 6) is 0.141. The van der Waals surface area contributed by atoms with Crippen LogP contribution in [0.25, 0.3) is 0 Å². The van der Waals surface area contributed by atoms with Gasteiger partial charge in [-0.15, -0.1) is 6.58 Å². The predicted molar refractivity (Wildman–Crippen MR) is 92.2 cm³/mol. The Morgan fingerprint density at radius 1 is 1.05 bits per heavy atom. The smallest absolute Gasteiger partial charge is 0.183 e. The van der Waals surface area contributed by atoms with Crippen LogP contribution in [0.1, 0.15) is 22.3 Å². The zero-order chi connectivity index (χ0) is 16.0. The van der Waals surface area contributed by atoms with Gasteiger partial charge < -0.3 is 0 Å². The maximum Gasteiger partial charge on any atom is 0.183 e. The van der Waals surface area contributed by atoms with E-state index >= 15 is 0 Å². The molecule has 0 saturated carbocycles. The first-order valence-electron chi connectivity index (χ1n) is 7.52. The summed E-state index contributed by atoms with van der Waals surface area (Å²) in [4.78, 5) is 15.2. The molecule has 2 rings (SSSR count). The van der Waals surface area contributed by atoms with Crippen LogP contribution >= 0.6 is 0 Å². The molecule has 0 aliphatic carbocycles. The van der Waals surface area contributed by atoms with Crippen LogP contribution in [0.4, 0.5) is 0 Å². The van der Waals surface area contributed by atoms with Crippen LogP contribution in [0.3, 0.4) is 0 Å². The SMILES string of the molecule is C=CCC(Cc1ccccc1)(C(=O)c1ccccc1)N(C)C. The zero-order valence-corrected chi connectivity index (χ0v) is 13.3. The third-order valence-corrected chi connectivity index (χ3v) is 4.14. The molecule has 0 aromatic heterocycles. The van der Waals surface area contributed by atoms with Crippen molar-refractivity contribution in [2.45, 2.75) is 18.4 Å². The van der Waals surface area contributed by atoms with Crippen molar-refractivity contribution < 1.29 is 4.79 Å². The highest BCUT2D eigenvalue weighted by Crippen LogP contribution is 2.28. The van der Waals surface area contributed by atoms with Crippen LogP contribution in [0, 0.1) is 0 Å². The molecule has 2 aromatic rings. The molecule has 0 amide bonds. The topological polar surface area (TPSA) is 20.3 Å². The van der Waals surface area contributed by atoms with Crippen molar-refractivity contribution in [1.82, 2.24) is 4.90 Å². The molecule has 0 N–H and O–H groups in total. The third-order valence-electron chi connectivity index (χ3n) is 4.14. The molecule has 2 heteroatoms. The average Bonchev–Trinajstić information content (AvgIpc) is 2.55. The molecule has 0 aliphatic rings. The maximum absolute atomic E-state index is 13.2. The van der Waals surface area contributed by atoms with Crippen LogP contribution in [-0.4, -0.2) is 30.3 Å². The van der Waals surface area contributed by atoms with Crippen molar-refractivity contribution in [2.24, 2.45) is 0 Å². The Kier molecular flexibility index (Phi) is 5.29. The normalized spacial score (nSPS) is 13.6. The molecule has 114 valence electrons. The van der Waals surface area contributed by atoms with E-state index in [1.165, 1.54) is 0 Å². The van der Waals surface area contributed by atoms with Gasteiger partial charge in [0.2, 0.25) is 0 Å². The Morgan fingerprint density at radius 3 is 2.09 bits per heavy atom. The van der Waals surface area contributed by atoms with E-state index in [9.17, 15) is 4.79 Å². The molecule has 0 fully saturated rings. The maximum atomic E-state index is 13.2. The van der Waals surface area contributed by atoms with Gasteiger partial charge in [-0.2, -0.15) is 0 Å². The summed E-state index contributed by atoms with van der Waals surface area (Å²) in [6, 6.07) is 19.7. The third kappa shape index (κ3) is 3.34. The van der Waals surface area contributed by atoms with Gasteiger partial charge in [-0.3, -0.25) is 9.69 Å². The molecular weight excluding hydrogens is 270 g/mol. The zero-order valence-electron chi connectivity index (χ0n) is 13.3. The fourth-order valence-electron chi connectivity index (χ4n) is 2.82. The fourth-order valence-corrected chi connectivity index (χ4v) is 2.82. The Hall–Kier alpha value is -2.19. The summed E-state index contributed by atoms with van der Waals surface area (Å²) < 4.78 is 0. The first-order valence-corrected chi connectivity index (χ1v) is 7.52. The Morgan fingerprint density at radius 2 is 1.59 bits per heavy atom. The van der Waals surface area contributed by atoms with Crippen molar-refractivity contribution in [2.75, 3.05) is 14.1 Å². The number of benzene rings is 2. The average molecular weight is 293 g/mol. The van der Waals surface area contributed by atoms with E-state index in [4.69, 9.17) is 0 Å². The van der Waals surface area contributed by atoms with Gasteiger partial charge in [-0.25, -0.2) is 0 Å². The molecule has 0 radical (unpaired) electrons. The number of carbonyl (C=O) groups excluding carboxylic acids is 1. The van der Waals surface area contributed by atoms with E-state index in [2.05, 4.69) is 18.7 Å². The number of hydrogen-bond acceptors (Lipinski definition) is 2. The van der Waals surface area contributed by atoms with Crippen molar-refractivity contribution in [3.63, 3.8) is 0 Å². The second-order valence-electron chi connectivity index (χ2n) is 5.78. The van der Waals surface area contributed by atoms with Crippen molar-refractivity contribution >= 4 is 5.78 Å². The van der Waals surface area contributed by atoms with Crippen LogP contribution in [0.2, 0.25) is 0 Å². The molecule has 0 saturated heterocycles. The minimum atomic E-state index is -0.607. The number of nitrogens with zero attached hydrogens (tertiary/aromatic N) is 1. The fraction of sp³-hybridized carbons (Fsp3) is 0.250. The lowest BCUT2D eigenvalue weighted by atomic mass is 9.79. The second-order valence-corrected chi connectivity index (χ2v) is 5.78. The molecule has 1 atom stereocenters. The van der Waals surface area contributed by atoms with E-state index < -0.39 is 5.54 Å². The van der Waals surface area contributed by atoms with Gasteiger partial charge in [0, 0.05) is 5.56 Å². The van der Waals surface area contributed by atoms with Gasteiger partial charge in [0.15, 0.2) is 5.78 Å². The first-order chi connectivity index (χ1) is 10.6. The monoisotopic (exact) mass is 293 g/mol. The van der Waals surface area contributed by atoms with Gasteiger partial charge in [-0.05, 0) is 32.5 Å². The summed E-state index contributed by atoms with van der Waals surface area (Å²) in [5.41, 5.74) is 1.29. The van der Waals surface area contributed by atoms with E-state index in [1.54, 1.807) is 0 Å². The standard InChI is InChI=1S/C20H23NO/c1-4-15-20(21(2)3,16-17-11-7-5-8-12-17)19(22)18-13-9-6-10-14-18/h4-14H,1,15-16H2,2-3H3. The molecule has 0 aliphatic heterocycles.